The van der Waals surface area contributed by atoms with Crippen LogP contribution < -0.4 is 5.32 Å². The van der Waals surface area contributed by atoms with Crippen molar-refractivity contribution in [2.45, 2.75) is 29.1 Å². The van der Waals surface area contributed by atoms with E-state index in [-0.39, 0.29) is 23.4 Å². The lowest BCUT2D eigenvalue weighted by Crippen LogP contribution is -2.50. The number of fused-ring (bicyclic) bond motifs is 1. The second-order valence-electron chi connectivity index (χ2n) is 7.68. The van der Waals surface area contributed by atoms with E-state index >= 15 is 0 Å². The van der Waals surface area contributed by atoms with Crippen LogP contribution in [0.3, 0.4) is 0 Å². The molecule has 0 spiro atoms. The number of nitrogens with zero attached hydrogens (tertiary/aromatic N) is 3. The van der Waals surface area contributed by atoms with Gasteiger partial charge in [0, 0.05) is 18.7 Å². The number of benzene rings is 2. The number of hydrogen-bond acceptors (Lipinski definition) is 7. The summed E-state index contributed by atoms with van der Waals surface area (Å²) < 4.78 is 19.0. The van der Waals surface area contributed by atoms with Crippen molar-refractivity contribution in [2.75, 3.05) is 5.32 Å². The highest BCUT2D eigenvalue weighted by Crippen LogP contribution is 2.30. The van der Waals surface area contributed by atoms with E-state index in [1.165, 1.54) is 46.4 Å². The average molecular weight is 495 g/mol. The van der Waals surface area contributed by atoms with E-state index in [9.17, 15) is 14.0 Å². The number of amides is 2. The molecule has 0 fully saturated rings. The molecule has 1 N–H and O–H groups in total. The molecule has 34 heavy (non-hydrogen) atoms. The molecule has 0 bridgehead atoms. The summed E-state index contributed by atoms with van der Waals surface area (Å²) in [7, 11) is 0. The zero-order valence-corrected chi connectivity index (χ0v) is 19.4. The Labute approximate surface area is 203 Å². The van der Waals surface area contributed by atoms with Gasteiger partial charge in [-0.3, -0.25) is 14.9 Å². The SMILES string of the molecule is O=C(Nc1nnc(SCc2ccc(F)cc2)s1)[C@H]1Cc2ccccc2CN1C(=O)c1ccco1. The van der Waals surface area contributed by atoms with Gasteiger partial charge in [-0.15, -0.1) is 10.2 Å². The quantitative estimate of drug-likeness (QED) is 0.307. The predicted octanol–water partition coefficient (Wildman–Crippen LogP) is 4.77. The van der Waals surface area contributed by atoms with Gasteiger partial charge in [0.25, 0.3) is 5.91 Å². The van der Waals surface area contributed by atoms with Crippen LogP contribution >= 0.6 is 23.1 Å². The summed E-state index contributed by atoms with van der Waals surface area (Å²) >= 11 is 2.70. The van der Waals surface area contributed by atoms with Crippen LogP contribution in [0.25, 0.3) is 0 Å². The first kappa shape index (κ1) is 22.3. The average Bonchev–Trinajstić information content (AvgIpc) is 3.55. The van der Waals surface area contributed by atoms with Crippen LogP contribution in [0, 0.1) is 5.82 Å². The van der Waals surface area contributed by atoms with Crippen LogP contribution in [-0.2, 0) is 23.5 Å². The molecule has 2 aromatic carbocycles. The van der Waals surface area contributed by atoms with Crippen molar-refractivity contribution in [2.24, 2.45) is 0 Å². The van der Waals surface area contributed by atoms with E-state index in [0.717, 1.165) is 16.7 Å². The molecule has 7 nitrogen and oxygen atoms in total. The van der Waals surface area contributed by atoms with Crippen molar-refractivity contribution >= 4 is 40.0 Å². The maximum atomic E-state index is 13.2. The van der Waals surface area contributed by atoms with Crippen molar-refractivity contribution in [3.8, 4) is 0 Å². The highest BCUT2D eigenvalue weighted by atomic mass is 32.2. The van der Waals surface area contributed by atoms with E-state index in [4.69, 9.17) is 4.42 Å². The number of furan rings is 1. The highest BCUT2D eigenvalue weighted by molar-refractivity contribution is 8.00. The van der Waals surface area contributed by atoms with Crippen LogP contribution in [0.5, 0.6) is 0 Å². The number of anilines is 1. The lowest BCUT2D eigenvalue weighted by Gasteiger charge is -2.35. The molecule has 0 radical (unpaired) electrons. The standard InChI is InChI=1S/C24H19FN4O3S2/c25-18-9-7-15(8-10-18)14-33-24-28-27-23(34-24)26-21(30)19-12-16-4-1-2-5-17(16)13-29(19)22(31)20-6-3-11-32-20/h1-11,19H,12-14H2,(H,26,27,30)/t19-/m1/s1. The molecule has 2 aromatic heterocycles. The molecule has 5 rings (SSSR count). The van der Waals surface area contributed by atoms with Gasteiger partial charge >= 0.3 is 0 Å². The third-order valence-electron chi connectivity index (χ3n) is 5.46. The minimum Gasteiger partial charge on any atom is -0.459 e. The molecule has 10 heteroatoms. The molecule has 3 heterocycles. The fourth-order valence-corrected chi connectivity index (χ4v) is 5.46. The Hall–Kier alpha value is -3.50. The molecular formula is C24H19FN4O3S2. The van der Waals surface area contributed by atoms with Crippen LogP contribution in [0.2, 0.25) is 0 Å². The zero-order chi connectivity index (χ0) is 23.5. The Morgan fingerprint density at radius 1 is 1.09 bits per heavy atom. The fraction of sp³-hybridized carbons (Fsp3) is 0.167. The van der Waals surface area contributed by atoms with Gasteiger partial charge in [0.15, 0.2) is 10.1 Å². The van der Waals surface area contributed by atoms with Crippen molar-refractivity contribution in [3.63, 3.8) is 0 Å². The zero-order valence-electron chi connectivity index (χ0n) is 17.8. The maximum absolute atomic E-state index is 13.2. The Morgan fingerprint density at radius 2 is 1.88 bits per heavy atom. The molecule has 172 valence electrons. The van der Waals surface area contributed by atoms with Crippen LogP contribution in [0.4, 0.5) is 9.52 Å². The van der Waals surface area contributed by atoms with Crippen LogP contribution in [-0.4, -0.2) is 33.0 Å². The van der Waals surface area contributed by atoms with Gasteiger partial charge in [0.2, 0.25) is 11.0 Å². The molecule has 0 saturated heterocycles. The number of hydrogen-bond donors (Lipinski definition) is 1. The van der Waals surface area contributed by atoms with Gasteiger partial charge in [0.1, 0.15) is 11.9 Å². The number of thioether (sulfide) groups is 1. The first-order chi connectivity index (χ1) is 16.6. The Kier molecular flexibility index (Phi) is 6.41. The minimum absolute atomic E-state index is 0.188. The summed E-state index contributed by atoms with van der Waals surface area (Å²) in [4.78, 5) is 27.9. The molecule has 0 aliphatic carbocycles. The normalized spacial score (nSPS) is 15.1. The summed E-state index contributed by atoms with van der Waals surface area (Å²) in [6, 6.07) is 16.6. The van der Waals surface area contributed by atoms with Crippen LogP contribution in [0.15, 0.2) is 75.7 Å². The van der Waals surface area contributed by atoms with E-state index in [1.54, 1.807) is 24.3 Å². The molecule has 1 atom stereocenters. The summed E-state index contributed by atoms with van der Waals surface area (Å²) in [6.45, 7) is 0.308. The number of nitrogens with one attached hydrogen (secondary N) is 1. The summed E-state index contributed by atoms with van der Waals surface area (Å²) in [5.74, 6) is -0.159. The molecule has 1 aliphatic rings. The lowest BCUT2D eigenvalue weighted by atomic mass is 9.93. The Bertz CT molecular complexity index is 1310. The fourth-order valence-electron chi connectivity index (χ4n) is 3.75. The molecule has 0 saturated carbocycles. The second kappa shape index (κ2) is 9.78. The van der Waals surface area contributed by atoms with E-state index in [2.05, 4.69) is 15.5 Å². The molecular weight excluding hydrogens is 475 g/mol. The van der Waals surface area contributed by atoms with Crippen molar-refractivity contribution in [1.82, 2.24) is 15.1 Å². The van der Waals surface area contributed by atoms with Gasteiger partial charge in [-0.05, 0) is 41.0 Å². The van der Waals surface area contributed by atoms with Crippen molar-refractivity contribution < 1.29 is 18.4 Å². The molecule has 1 aliphatic heterocycles. The van der Waals surface area contributed by atoms with Gasteiger partial charge in [-0.25, -0.2) is 4.39 Å². The summed E-state index contributed by atoms with van der Waals surface area (Å²) in [5, 5.41) is 11.4. The topological polar surface area (TPSA) is 88.3 Å². The van der Waals surface area contributed by atoms with Gasteiger partial charge in [-0.2, -0.15) is 0 Å². The number of halogens is 1. The van der Waals surface area contributed by atoms with E-state index < -0.39 is 6.04 Å². The molecule has 0 unspecified atom stereocenters. The summed E-state index contributed by atoms with van der Waals surface area (Å²) in [5.41, 5.74) is 2.99. The van der Waals surface area contributed by atoms with Gasteiger partial charge < -0.3 is 9.32 Å². The minimum atomic E-state index is -0.716. The molecule has 4 aromatic rings. The molecule has 2 amide bonds. The Balaban J connectivity index is 1.29. The van der Waals surface area contributed by atoms with E-state index in [1.807, 2.05) is 24.3 Å². The third-order valence-corrected chi connectivity index (χ3v) is 7.50. The van der Waals surface area contributed by atoms with Crippen molar-refractivity contribution in [1.29, 1.82) is 0 Å². The first-order valence-corrected chi connectivity index (χ1v) is 12.3. The number of carbonyl (C=O) groups excluding carboxylic acids is 2. The van der Waals surface area contributed by atoms with Crippen LogP contribution in [0.1, 0.15) is 27.2 Å². The lowest BCUT2D eigenvalue weighted by molar-refractivity contribution is -0.121. The smallest absolute Gasteiger partial charge is 0.290 e. The Morgan fingerprint density at radius 3 is 2.65 bits per heavy atom. The highest BCUT2D eigenvalue weighted by Gasteiger charge is 2.36. The van der Waals surface area contributed by atoms with Crippen molar-refractivity contribution in [3.05, 3.63) is 95.2 Å². The largest absolute Gasteiger partial charge is 0.459 e. The number of aromatic nitrogens is 2. The predicted molar refractivity (Wildman–Crippen MR) is 127 cm³/mol. The maximum Gasteiger partial charge on any atom is 0.290 e. The van der Waals surface area contributed by atoms with E-state index in [0.29, 0.717) is 28.2 Å². The first-order valence-electron chi connectivity index (χ1n) is 10.5. The number of rotatable bonds is 6. The van der Waals surface area contributed by atoms with Gasteiger partial charge in [0.05, 0.1) is 6.26 Å². The number of carbonyl (C=O) groups is 2. The summed E-state index contributed by atoms with van der Waals surface area (Å²) in [6.07, 6.45) is 1.83. The van der Waals surface area contributed by atoms with Gasteiger partial charge in [-0.1, -0.05) is 59.5 Å². The monoisotopic (exact) mass is 494 g/mol. The third kappa shape index (κ3) is 4.87. The second-order valence-corrected chi connectivity index (χ2v) is 9.88.